The standard InChI is InChI=1S/C11H15NO3S2/c1-16-11-5-3-2-4-8(11)12-9-6-17(14,15)7-10(9)13/h2-5,9-10,12-13H,6-7H2,1H3. The van der Waals surface area contributed by atoms with Gasteiger partial charge in [-0.05, 0) is 18.4 Å². The fourth-order valence-corrected chi connectivity index (χ4v) is 4.23. The highest BCUT2D eigenvalue weighted by atomic mass is 32.2. The van der Waals surface area contributed by atoms with E-state index in [1.54, 1.807) is 11.8 Å². The summed E-state index contributed by atoms with van der Waals surface area (Å²) >= 11 is 1.59. The molecule has 2 rings (SSSR count). The molecule has 0 amide bonds. The first-order valence-corrected chi connectivity index (χ1v) is 8.34. The lowest BCUT2D eigenvalue weighted by Crippen LogP contribution is -2.32. The number of rotatable bonds is 3. The molecule has 0 aliphatic carbocycles. The van der Waals surface area contributed by atoms with E-state index in [2.05, 4.69) is 5.32 Å². The maximum absolute atomic E-state index is 11.4. The zero-order valence-electron chi connectivity index (χ0n) is 9.46. The summed E-state index contributed by atoms with van der Waals surface area (Å²) < 4.78 is 22.8. The van der Waals surface area contributed by atoms with E-state index < -0.39 is 22.0 Å². The van der Waals surface area contributed by atoms with Crippen LogP contribution in [0.4, 0.5) is 5.69 Å². The zero-order valence-corrected chi connectivity index (χ0v) is 11.1. The molecule has 1 aliphatic rings. The smallest absolute Gasteiger partial charge is 0.155 e. The number of aliphatic hydroxyl groups excluding tert-OH is 1. The molecule has 1 fully saturated rings. The van der Waals surface area contributed by atoms with Crippen LogP contribution < -0.4 is 5.32 Å². The van der Waals surface area contributed by atoms with Gasteiger partial charge in [-0.3, -0.25) is 0 Å². The lowest BCUT2D eigenvalue weighted by molar-refractivity contribution is 0.190. The molecule has 0 bridgehead atoms. The first-order chi connectivity index (χ1) is 8.02. The fourth-order valence-electron chi connectivity index (χ4n) is 1.93. The van der Waals surface area contributed by atoms with E-state index in [-0.39, 0.29) is 11.5 Å². The van der Waals surface area contributed by atoms with Crippen molar-refractivity contribution < 1.29 is 13.5 Å². The van der Waals surface area contributed by atoms with Crippen LogP contribution in [0.3, 0.4) is 0 Å². The Labute approximate surface area is 105 Å². The molecule has 0 spiro atoms. The number of hydrogen-bond acceptors (Lipinski definition) is 5. The quantitative estimate of drug-likeness (QED) is 0.804. The van der Waals surface area contributed by atoms with Gasteiger partial charge >= 0.3 is 0 Å². The van der Waals surface area contributed by atoms with Crippen LogP contribution >= 0.6 is 11.8 Å². The molecular weight excluding hydrogens is 258 g/mol. The predicted octanol–water partition coefficient (Wildman–Crippen LogP) is 0.978. The van der Waals surface area contributed by atoms with Crippen LogP contribution in [0.25, 0.3) is 0 Å². The normalized spacial score (nSPS) is 26.9. The van der Waals surface area contributed by atoms with Gasteiger partial charge in [0, 0.05) is 10.6 Å². The minimum atomic E-state index is -3.10. The van der Waals surface area contributed by atoms with Crippen molar-refractivity contribution in [3.05, 3.63) is 24.3 Å². The summed E-state index contributed by atoms with van der Waals surface area (Å²) in [7, 11) is -3.10. The number of nitrogens with one attached hydrogen (secondary N) is 1. The molecular formula is C11H15NO3S2. The number of sulfone groups is 1. The van der Waals surface area contributed by atoms with Crippen LogP contribution in [0.15, 0.2) is 29.2 Å². The number of para-hydroxylation sites is 1. The monoisotopic (exact) mass is 273 g/mol. The average Bonchev–Trinajstić information content (AvgIpc) is 2.52. The third-order valence-corrected chi connectivity index (χ3v) is 5.28. The summed E-state index contributed by atoms with van der Waals surface area (Å²) in [5.74, 6) is -0.150. The maximum atomic E-state index is 11.4. The van der Waals surface area contributed by atoms with Gasteiger partial charge in [-0.1, -0.05) is 12.1 Å². The van der Waals surface area contributed by atoms with E-state index in [0.717, 1.165) is 10.6 Å². The molecule has 1 aliphatic heterocycles. The van der Waals surface area contributed by atoms with Crippen LogP contribution in [0.1, 0.15) is 0 Å². The van der Waals surface area contributed by atoms with Gasteiger partial charge in [0.05, 0.1) is 23.7 Å². The number of anilines is 1. The predicted molar refractivity (Wildman–Crippen MR) is 70.3 cm³/mol. The van der Waals surface area contributed by atoms with Crippen molar-refractivity contribution in [2.45, 2.75) is 17.0 Å². The molecule has 0 aromatic heterocycles. The Bertz CT molecular complexity index is 501. The van der Waals surface area contributed by atoms with Crippen molar-refractivity contribution in [3.8, 4) is 0 Å². The van der Waals surface area contributed by atoms with Crippen molar-refractivity contribution in [2.24, 2.45) is 0 Å². The lowest BCUT2D eigenvalue weighted by Gasteiger charge is -2.18. The van der Waals surface area contributed by atoms with Crippen molar-refractivity contribution in [3.63, 3.8) is 0 Å². The van der Waals surface area contributed by atoms with E-state index >= 15 is 0 Å². The van der Waals surface area contributed by atoms with Gasteiger partial charge in [0.25, 0.3) is 0 Å². The summed E-state index contributed by atoms with van der Waals surface area (Å²) in [6, 6.07) is 7.26. The highest BCUT2D eigenvalue weighted by molar-refractivity contribution is 7.98. The maximum Gasteiger partial charge on any atom is 0.155 e. The van der Waals surface area contributed by atoms with Crippen molar-refractivity contribution >= 4 is 27.3 Å². The number of hydrogen-bond donors (Lipinski definition) is 2. The van der Waals surface area contributed by atoms with Crippen LogP contribution in [-0.2, 0) is 9.84 Å². The molecule has 1 aromatic rings. The first kappa shape index (κ1) is 12.7. The van der Waals surface area contributed by atoms with Crippen molar-refractivity contribution in [1.82, 2.24) is 0 Å². The van der Waals surface area contributed by atoms with Crippen molar-refractivity contribution in [2.75, 3.05) is 23.1 Å². The van der Waals surface area contributed by atoms with E-state index in [1.165, 1.54) is 0 Å². The molecule has 4 nitrogen and oxygen atoms in total. The topological polar surface area (TPSA) is 66.4 Å². The molecule has 2 N–H and O–H groups in total. The van der Waals surface area contributed by atoms with E-state index in [4.69, 9.17) is 0 Å². The SMILES string of the molecule is CSc1ccccc1NC1CS(=O)(=O)CC1O. The number of aliphatic hydroxyl groups is 1. The van der Waals surface area contributed by atoms with E-state index in [9.17, 15) is 13.5 Å². The second-order valence-electron chi connectivity index (χ2n) is 4.10. The molecule has 1 aromatic carbocycles. The minimum absolute atomic E-state index is 0.00309. The van der Waals surface area contributed by atoms with E-state index in [0.29, 0.717) is 0 Å². The van der Waals surface area contributed by atoms with Gasteiger partial charge in [0.1, 0.15) is 0 Å². The van der Waals surface area contributed by atoms with Gasteiger partial charge in [-0.25, -0.2) is 8.42 Å². The highest BCUT2D eigenvalue weighted by Gasteiger charge is 2.36. The van der Waals surface area contributed by atoms with Crippen LogP contribution in [0, 0.1) is 0 Å². The number of thioether (sulfide) groups is 1. The van der Waals surface area contributed by atoms with Crippen molar-refractivity contribution in [1.29, 1.82) is 0 Å². The van der Waals surface area contributed by atoms with Crippen LogP contribution in [-0.4, -0.2) is 43.4 Å². The Balaban J connectivity index is 2.16. The van der Waals surface area contributed by atoms with Crippen LogP contribution in [0.5, 0.6) is 0 Å². The van der Waals surface area contributed by atoms with Crippen LogP contribution in [0.2, 0.25) is 0 Å². The number of benzene rings is 1. The molecule has 94 valence electrons. The summed E-state index contributed by atoms with van der Waals surface area (Å²) in [6.07, 6.45) is 1.14. The molecule has 0 radical (unpaired) electrons. The van der Waals surface area contributed by atoms with Gasteiger partial charge in [0.15, 0.2) is 9.84 Å². The average molecular weight is 273 g/mol. The Morgan fingerprint density at radius 3 is 2.65 bits per heavy atom. The van der Waals surface area contributed by atoms with Gasteiger partial charge in [-0.15, -0.1) is 11.8 Å². The lowest BCUT2D eigenvalue weighted by atomic mass is 10.2. The highest BCUT2D eigenvalue weighted by Crippen LogP contribution is 2.27. The van der Waals surface area contributed by atoms with Gasteiger partial charge < -0.3 is 10.4 Å². The molecule has 6 heteroatoms. The zero-order chi connectivity index (χ0) is 12.5. The van der Waals surface area contributed by atoms with Gasteiger partial charge in [0.2, 0.25) is 0 Å². The molecule has 1 heterocycles. The molecule has 17 heavy (non-hydrogen) atoms. The second-order valence-corrected chi connectivity index (χ2v) is 7.10. The Morgan fingerprint density at radius 1 is 1.35 bits per heavy atom. The summed E-state index contributed by atoms with van der Waals surface area (Å²) in [4.78, 5) is 1.05. The van der Waals surface area contributed by atoms with Gasteiger partial charge in [-0.2, -0.15) is 0 Å². The molecule has 2 atom stereocenters. The Kier molecular flexibility index (Phi) is 3.65. The molecule has 0 saturated carbocycles. The summed E-state index contributed by atoms with van der Waals surface area (Å²) in [6.45, 7) is 0. The Hall–Kier alpha value is -0.720. The third-order valence-electron chi connectivity index (χ3n) is 2.77. The van der Waals surface area contributed by atoms with E-state index in [1.807, 2.05) is 30.5 Å². The third kappa shape index (κ3) is 2.94. The minimum Gasteiger partial charge on any atom is -0.390 e. The fraction of sp³-hybridized carbons (Fsp3) is 0.455. The molecule has 2 unspecified atom stereocenters. The molecule has 1 saturated heterocycles. The second kappa shape index (κ2) is 4.88. The summed E-state index contributed by atoms with van der Waals surface area (Å²) in [5, 5.41) is 12.8. The first-order valence-electron chi connectivity index (χ1n) is 5.30. The largest absolute Gasteiger partial charge is 0.390 e. The summed E-state index contributed by atoms with van der Waals surface area (Å²) in [5.41, 5.74) is 0.876. The Morgan fingerprint density at radius 2 is 2.06 bits per heavy atom.